The molecule has 7 nitrogen and oxygen atoms in total. The zero-order valence-corrected chi connectivity index (χ0v) is 18.7. The molecule has 2 N–H and O–H groups in total. The van der Waals surface area contributed by atoms with Crippen molar-refractivity contribution in [2.45, 2.75) is 25.5 Å². The number of aromatic nitrogens is 2. The van der Waals surface area contributed by atoms with Gasteiger partial charge in [0.2, 0.25) is 0 Å². The van der Waals surface area contributed by atoms with Gasteiger partial charge >= 0.3 is 5.97 Å². The Morgan fingerprint density at radius 3 is 2.69 bits per heavy atom. The quantitative estimate of drug-likeness (QED) is 0.503. The van der Waals surface area contributed by atoms with Gasteiger partial charge in [0.1, 0.15) is 27.7 Å². The van der Waals surface area contributed by atoms with E-state index in [1.54, 1.807) is 0 Å². The molecule has 2 heterocycles. The summed E-state index contributed by atoms with van der Waals surface area (Å²) in [5.74, 6) is -0.872. The summed E-state index contributed by atoms with van der Waals surface area (Å²) in [7, 11) is 0. The van der Waals surface area contributed by atoms with Crippen LogP contribution < -0.4 is 15.0 Å². The van der Waals surface area contributed by atoms with Gasteiger partial charge in [-0.1, -0.05) is 22.9 Å². The second-order valence-corrected chi connectivity index (χ2v) is 8.89. The number of benzene rings is 2. The van der Waals surface area contributed by atoms with E-state index in [0.717, 1.165) is 47.2 Å². The molecule has 0 bridgehead atoms. The van der Waals surface area contributed by atoms with Gasteiger partial charge in [0.25, 0.3) is 0 Å². The van der Waals surface area contributed by atoms with Crippen LogP contribution in [0.1, 0.15) is 17.8 Å². The van der Waals surface area contributed by atoms with Crippen LogP contribution in [0.3, 0.4) is 0 Å². The number of rotatable bonds is 8. The van der Waals surface area contributed by atoms with Crippen molar-refractivity contribution < 1.29 is 19.0 Å². The number of hydrogen-bond donors (Lipinski definition) is 2. The first-order valence-corrected chi connectivity index (χ1v) is 11.4. The average Bonchev–Trinajstić information content (AvgIpc) is 3.26. The maximum absolute atomic E-state index is 13.4. The van der Waals surface area contributed by atoms with E-state index < -0.39 is 5.97 Å². The third kappa shape index (κ3) is 5.73. The number of piperidine rings is 1. The van der Waals surface area contributed by atoms with Gasteiger partial charge in [-0.25, -0.2) is 4.39 Å². The molecule has 0 atom stereocenters. The predicted molar refractivity (Wildman–Crippen MR) is 122 cm³/mol. The lowest BCUT2D eigenvalue weighted by Crippen LogP contribution is -2.38. The number of nitrogens with zero attached hydrogens (tertiary/aromatic N) is 3. The van der Waals surface area contributed by atoms with Crippen molar-refractivity contribution in [3.63, 3.8) is 0 Å². The van der Waals surface area contributed by atoms with Crippen molar-refractivity contribution in [1.29, 1.82) is 0 Å². The molecular weight excluding hydrogens is 455 g/mol. The smallest absolute Gasteiger partial charge is 0.317 e. The van der Waals surface area contributed by atoms with Crippen molar-refractivity contribution in [2.24, 2.45) is 0 Å². The Labute approximate surface area is 193 Å². The molecular formula is C22H22ClFN4O3S. The molecule has 0 radical (unpaired) electrons. The molecule has 0 aliphatic carbocycles. The molecule has 3 aromatic rings. The van der Waals surface area contributed by atoms with Crippen molar-refractivity contribution in [3.8, 4) is 16.3 Å². The van der Waals surface area contributed by atoms with E-state index in [2.05, 4.69) is 32.5 Å². The van der Waals surface area contributed by atoms with Gasteiger partial charge in [-0.3, -0.25) is 4.79 Å². The second-order valence-electron chi connectivity index (χ2n) is 7.42. The van der Waals surface area contributed by atoms with Gasteiger partial charge in [-0.15, -0.1) is 10.2 Å². The standard InChI is InChI=1S/C22H22ClFN4O3S/c23-18-6-3-15(24)11-19(18)31-17-7-9-28(10-8-17)16-4-1-14(2-5-16)22-27-26-20(32-22)12-25-13-21(29)30/h1-6,11,17,25H,7-10,12-13H2,(H,29,30). The minimum absolute atomic E-state index is 0.000580. The minimum Gasteiger partial charge on any atom is -0.489 e. The van der Waals surface area contributed by atoms with Crippen molar-refractivity contribution in [3.05, 3.63) is 58.3 Å². The van der Waals surface area contributed by atoms with Gasteiger partial charge in [0.15, 0.2) is 0 Å². The van der Waals surface area contributed by atoms with Crippen LogP contribution in [-0.2, 0) is 11.3 Å². The lowest BCUT2D eigenvalue weighted by Gasteiger charge is -2.34. The number of ether oxygens (including phenoxy) is 1. The topological polar surface area (TPSA) is 87.6 Å². The highest BCUT2D eigenvalue weighted by Crippen LogP contribution is 2.30. The van der Waals surface area contributed by atoms with Crippen LogP contribution in [0.5, 0.6) is 5.75 Å². The number of carboxylic acids is 1. The van der Waals surface area contributed by atoms with Crippen molar-refractivity contribution in [2.75, 3.05) is 24.5 Å². The van der Waals surface area contributed by atoms with E-state index in [4.69, 9.17) is 21.4 Å². The molecule has 0 saturated carbocycles. The Morgan fingerprint density at radius 2 is 1.97 bits per heavy atom. The minimum atomic E-state index is -0.904. The monoisotopic (exact) mass is 476 g/mol. The van der Waals surface area contributed by atoms with Crippen LogP contribution in [0.2, 0.25) is 5.02 Å². The first kappa shape index (κ1) is 22.4. The molecule has 32 heavy (non-hydrogen) atoms. The van der Waals surface area contributed by atoms with E-state index in [9.17, 15) is 9.18 Å². The highest BCUT2D eigenvalue weighted by molar-refractivity contribution is 7.14. The van der Waals surface area contributed by atoms with E-state index in [-0.39, 0.29) is 18.5 Å². The number of aliphatic carboxylic acids is 1. The average molecular weight is 477 g/mol. The van der Waals surface area contributed by atoms with Crippen LogP contribution >= 0.6 is 22.9 Å². The largest absolute Gasteiger partial charge is 0.489 e. The maximum Gasteiger partial charge on any atom is 0.317 e. The molecule has 1 aliphatic rings. The summed E-state index contributed by atoms with van der Waals surface area (Å²) in [6.07, 6.45) is 1.63. The molecule has 4 rings (SSSR count). The summed E-state index contributed by atoms with van der Waals surface area (Å²) in [6, 6.07) is 12.3. The first-order valence-electron chi connectivity index (χ1n) is 10.2. The molecule has 0 amide bonds. The number of halogens is 2. The molecule has 1 saturated heterocycles. The summed E-state index contributed by atoms with van der Waals surface area (Å²) in [5, 5.41) is 21.8. The normalized spacial score (nSPS) is 14.5. The van der Waals surface area contributed by atoms with Crippen LogP contribution in [-0.4, -0.2) is 47.0 Å². The van der Waals surface area contributed by atoms with Crippen LogP contribution in [0.25, 0.3) is 10.6 Å². The molecule has 1 aliphatic heterocycles. The maximum atomic E-state index is 13.4. The molecule has 1 fully saturated rings. The van der Waals surface area contributed by atoms with Crippen LogP contribution in [0, 0.1) is 5.82 Å². The Hall–Kier alpha value is -2.75. The zero-order valence-electron chi connectivity index (χ0n) is 17.1. The molecule has 1 aromatic heterocycles. The van der Waals surface area contributed by atoms with Crippen molar-refractivity contribution >= 4 is 34.6 Å². The Bertz CT molecular complexity index is 1070. The molecule has 0 unspecified atom stereocenters. The predicted octanol–water partition coefficient (Wildman–Crippen LogP) is 4.22. The number of hydrogen-bond acceptors (Lipinski definition) is 7. The summed E-state index contributed by atoms with van der Waals surface area (Å²) >= 11 is 7.54. The SMILES string of the molecule is O=C(O)CNCc1nnc(-c2ccc(N3CCC(Oc4cc(F)ccc4Cl)CC3)cc2)s1. The summed E-state index contributed by atoms with van der Waals surface area (Å²) < 4.78 is 19.4. The van der Waals surface area contributed by atoms with Gasteiger partial charge in [0, 0.05) is 43.2 Å². The third-order valence-electron chi connectivity index (χ3n) is 5.13. The van der Waals surface area contributed by atoms with Gasteiger partial charge in [-0.2, -0.15) is 0 Å². The summed E-state index contributed by atoms with van der Waals surface area (Å²) in [4.78, 5) is 12.9. The van der Waals surface area contributed by atoms with Crippen LogP contribution in [0.4, 0.5) is 10.1 Å². The molecule has 168 valence electrons. The zero-order chi connectivity index (χ0) is 22.5. The molecule has 10 heteroatoms. The number of carboxylic acid groups (broad SMARTS) is 1. The number of nitrogens with one attached hydrogen (secondary N) is 1. The molecule has 2 aromatic carbocycles. The van der Waals surface area contributed by atoms with Crippen molar-refractivity contribution in [1.82, 2.24) is 15.5 Å². The second kappa shape index (κ2) is 10.2. The lowest BCUT2D eigenvalue weighted by molar-refractivity contribution is -0.136. The number of anilines is 1. The fraction of sp³-hybridized carbons (Fsp3) is 0.318. The summed E-state index contributed by atoms with van der Waals surface area (Å²) in [5.41, 5.74) is 2.08. The fourth-order valence-electron chi connectivity index (χ4n) is 3.51. The van der Waals surface area contributed by atoms with Gasteiger partial charge < -0.3 is 20.1 Å². The van der Waals surface area contributed by atoms with E-state index in [1.807, 2.05) is 12.1 Å². The molecule has 0 spiro atoms. The lowest BCUT2D eigenvalue weighted by atomic mass is 10.1. The van der Waals surface area contributed by atoms with Gasteiger partial charge in [-0.05, 0) is 36.4 Å². The Balaban J connectivity index is 1.31. The fourth-order valence-corrected chi connectivity index (χ4v) is 4.49. The Morgan fingerprint density at radius 1 is 1.22 bits per heavy atom. The van der Waals surface area contributed by atoms with E-state index in [0.29, 0.717) is 17.3 Å². The Kier molecular flexibility index (Phi) is 7.19. The van der Waals surface area contributed by atoms with E-state index in [1.165, 1.54) is 29.5 Å². The third-order valence-corrected chi connectivity index (χ3v) is 6.41. The summed E-state index contributed by atoms with van der Waals surface area (Å²) in [6.45, 7) is 1.92. The van der Waals surface area contributed by atoms with E-state index >= 15 is 0 Å². The number of carbonyl (C=O) groups is 1. The highest BCUT2D eigenvalue weighted by Gasteiger charge is 2.22. The first-order chi connectivity index (χ1) is 15.5. The highest BCUT2D eigenvalue weighted by atomic mass is 35.5. The van der Waals surface area contributed by atoms with Crippen LogP contribution in [0.15, 0.2) is 42.5 Å². The van der Waals surface area contributed by atoms with Gasteiger partial charge in [0.05, 0.1) is 18.1 Å².